The van der Waals surface area contributed by atoms with Gasteiger partial charge in [-0.15, -0.1) is 0 Å². The van der Waals surface area contributed by atoms with Crippen LogP contribution in [0.3, 0.4) is 0 Å². The number of para-hydroxylation sites is 1. The molecular weight excluding hydrogens is 262 g/mol. The molecule has 0 radical (unpaired) electrons. The number of nitrogens with zero attached hydrogens (tertiary/aromatic N) is 2. The number of rotatable bonds is 4. The van der Waals surface area contributed by atoms with Crippen molar-refractivity contribution in [2.75, 3.05) is 25.0 Å². The lowest BCUT2D eigenvalue weighted by Crippen LogP contribution is -2.42. The minimum atomic E-state index is -0.0437. The SMILES string of the molecule is CCC1(C)CCN(CC(=O)Nc2ccccc2C#N)CC1. The van der Waals surface area contributed by atoms with Gasteiger partial charge in [-0.05, 0) is 43.5 Å². The van der Waals surface area contributed by atoms with Gasteiger partial charge >= 0.3 is 0 Å². The van der Waals surface area contributed by atoms with E-state index < -0.39 is 0 Å². The van der Waals surface area contributed by atoms with Gasteiger partial charge in [-0.1, -0.05) is 32.4 Å². The van der Waals surface area contributed by atoms with Crippen molar-refractivity contribution >= 4 is 11.6 Å². The molecule has 0 saturated carbocycles. The number of benzene rings is 1. The number of likely N-dealkylation sites (tertiary alicyclic amines) is 1. The maximum absolute atomic E-state index is 12.1. The van der Waals surface area contributed by atoms with Crippen LogP contribution in [0.15, 0.2) is 24.3 Å². The highest BCUT2D eigenvalue weighted by molar-refractivity contribution is 5.93. The highest BCUT2D eigenvalue weighted by atomic mass is 16.2. The number of nitrogens with one attached hydrogen (secondary N) is 1. The second-order valence-corrected chi connectivity index (χ2v) is 6.15. The average Bonchev–Trinajstić information content (AvgIpc) is 2.50. The molecule has 1 aromatic carbocycles. The summed E-state index contributed by atoms with van der Waals surface area (Å²) in [7, 11) is 0. The minimum absolute atomic E-state index is 0.0437. The standard InChI is InChI=1S/C17H23N3O/c1-3-17(2)8-10-20(11-9-17)13-16(21)19-15-7-5-4-6-14(15)12-18/h4-7H,3,8-11,13H2,1-2H3,(H,19,21). The minimum Gasteiger partial charge on any atom is -0.324 e. The summed E-state index contributed by atoms with van der Waals surface area (Å²) >= 11 is 0. The number of anilines is 1. The summed E-state index contributed by atoms with van der Waals surface area (Å²) in [6.07, 6.45) is 3.49. The molecule has 1 aromatic rings. The van der Waals surface area contributed by atoms with Gasteiger partial charge in [0.15, 0.2) is 0 Å². The summed E-state index contributed by atoms with van der Waals surface area (Å²) in [6, 6.07) is 9.19. The maximum atomic E-state index is 12.1. The molecule has 112 valence electrons. The van der Waals surface area contributed by atoms with E-state index in [4.69, 9.17) is 5.26 Å². The summed E-state index contributed by atoms with van der Waals surface area (Å²) < 4.78 is 0. The summed E-state index contributed by atoms with van der Waals surface area (Å²) in [5, 5.41) is 11.9. The fourth-order valence-corrected chi connectivity index (χ4v) is 2.69. The zero-order valence-corrected chi connectivity index (χ0v) is 12.9. The highest BCUT2D eigenvalue weighted by Crippen LogP contribution is 2.33. The van der Waals surface area contributed by atoms with E-state index in [2.05, 4.69) is 30.1 Å². The largest absolute Gasteiger partial charge is 0.324 e. The molecular formula is C17H23N3O. The first-order chi connectivity index (χ1) is 10.1. The highest BCUT2D eigenvalue weighted by Gasteiger charge is 2.28. The number of amides is 1. The molecule has 21 heavy (non-hydrogen) atoms. The Morgan fingerprint density at radius 2 is 2.05 bits per heavy atom. The van der Waals surface area contributed by atoms with Gasteiger partial charge in [-0.25, -0.2) is 0 Å². The Morgan fingerprint density at radius 3 is 2.67 bits per heavy atom. The van der Waals surface area contributed by atoms with Crippen molar-refractivity contribution in [2.24, 2.45) is 5.41 Å². The Labute approximate surface area is 126 Å². The van der Waals surface area contributed by atoms with E-state index in [9.17, 15) is 4.79 Å². The van der Waals surface area contributed by atoms with Gasteiger partial charge in [0.2, 0.25) is 5.91 Å². The van der Waals surface area contributed by atoms with Crippen LogP contribution in [0, 0.1) is 16.7 Å². The normalized spacial score (nSPS) is 18.0. The maximum Gasteiger partial charge on any atom is 0.238 e. The lowest BCUT2D eigenvalue weighted by molar-refractivity contribution is -0.117. The molecule has 1 N–H and O–H groups in total. The first-order valence-corrected chi connectivity index (χ1v) is 7.58. The van der Waals surface area contributed by atoms with E-state index in [-0.39, 0.29) is 5.91 Å². The Hall–Kier alpha value is -1.86. The van der Waals surface area contributed by atoms with Gasteiger partial charge < -0.3 is 5.32 Å². The Balaban J connectivity index is 1.87. The smallest absolute Gasteiger partial charge is 0.238 e. The Morgan fingerprint density at radius 1 is 1.38 bits per heavy atom. The summed E-state index contributed by atoms with van der Waals surface area (Å²) in [6.45, 7) is 6.91. The molecule has 0 unspecified atom stereocenters. The van der Waals surface area contributed by atoms with Crippen molar-refractivity contribution in [3.63, 3.8) is 0 Å². The molecule has 0 aromatic heterocycles. The van der Waals surface area contributed by atoms with E-state index in [1.807, 2.05) is 6.07 Å². The van der Waals surface area contributed by atoms with Gasteiger partial charge in [0, 0.05) is 0 Å². The molecule has 4 heteroatoms. The van der Waals surface area contributed by atoms with E-state index in [1.165, 1.54) is 6.42 Å². The molecule has 0 spiro atoms. The van der Waals surface area contributed by atoms with Crippen LogP contribution in [0.25, 0.3) is 0 Å². The van der Waals surface area contributed by atoms with Gasteiger partial charge in [-0.2, -0.15) is 5.26 Å². The first-order valence-electron chi connectivity index (χ1n) is 7.58. The van der Waals surface area contributed by atoms with Crippen molar-refractivity contribution in [1.82, 2.24) is 4.90 Å². The molecule has 1 saturated heterocycles. The zero-order chi connectivity index (χ0) is 15.3. The van der Waals surface area contributed by atoms with Crippen molar-refractivity contribution in [3.8, 4) is 6.07 Å². The van der Waals surface area contributed by atoms with Crippen LogP contribution in [-0.2, 0) is 4.79 Å². The van der Waals surface area contributed by atoms with Gasteiger partial charge in [0.25, 0.3) is 0 Å². The molecule has 0 atom stereocenters. The molecule has 1 heterocycles. The summed E-state index contributed by atoms with van der Waals surface area (Å²) in [5.41, 5.74) is 1.53. The van der Waals surface area contributed by atoms with Gasteiger partial charge in [0.1, 0.15) is 6.07 Å². The third kappa shape index (κ3) is 4.05. The lowest BCUT2D eigenvalue weighted by atomic mass is 9.78. The van der Waals surface area contributed by atoms with Crippen molar-refractivity contribution in [3.05, 3.63) is 29.8 Å². The molecule has 1 aliphatic rings. The summed E-state index contributed by atoms with van der Waals surface area (Å²) in [4.78, 5) is 14.3. The van der Waals surface area contributed by atoms with Crippen LogP contribution in [0.2, 0.25) is 0 Å². The number of nitriles is 1. The predicted octanol–water partition coefficient (Wildman–Crippen LogP) is 3.01. The van der Waals surface area contributed by atoms with E-state index >= 15 is 0 Å². The molecule has 1 amide bonds. The molecule has 0 aliphatic carbocycles. The molecule has 1 aliphatic heterocycles. The fourth-order valence-electron chi connectivity index (χ4n) is 2.69. The number of hydrogen-bond acceptors (Lipinski definition) is 3. The van der Waals surface area contributed by atoms with Crippen LogP contribution in [-0.4, -0.2) is 30.4 Å². The van der Waals surface area contributed by atoms with E-state index in [0.717, 1.165) is 25.9 Å². The average molecular weight is 285 g/mol. The number of carbonyl (C=O) groups is 1. The van der Waals surface area contributed by atoms with E-state index in [1.54, 1.807) is 18.2 Å². The van der Waals surface area contributed by atoms with E-state index in [0.29, 0.717) is 23.2 Å². The van der Waals surface area contributed by atoms with Crippen molar-refractivity contribution in [1.29, 1.82) is 5.26 Å². The Kier molecular flexibility index (Phi) is 4.98. The fraction of sp³-hybridized carbons (Fsp3) is 0.529. The molecule has 4 nitrogen and oxygen atoms in total. The van der Waals surface area contributed by atoms with Crippen LogP contribution in [0.4, 0.5) is 5.69 Å². The summed E-state index contributed by atoms with van der Waals surface area (Å²) in [5.74, 6) is -0.0437. The number of carbonyl (C=O) groups excluding carboxylic acids is 1. The lowest BCUT2D eigenvalue weighted by Gasteiger charge is -2.38. The molecule has 0 bridgehead atoms. The third-order valence-corrected chi connectivity index (χ3v) is 4.61. The second kappa shape index (κ2) is 6.73. The van der Waals surface area contributed by atoms with Crippen LogP contribution in [0.1, 0.15) is 38.7 Å². The van der Waals surface area contributed by atoms with Crippen molar-refractivity contribution in [2.45, 2.75) is 33.1 Å². The van der Waals surface area contributed by atoms with Crippen LogP contribution >= 0.6 is 0 Å². The number of piperidine rings is 1. The van der Waals surface area contributed by atoms with Crippen LogP contribution < -0.4 is 5.32 Å². The van der Waals surface area contributed by atoms with Gasteiger partial charge in [-0.3, -0.25) is 9.69 Å². The molecule has 2 rings (SSSR count). The molecule has 1 fully saturated rings. The predicted molar refractivity (Wildman–Crippen MR) is 83.9 cm³/mol. The van der Waals surface area contributed by atoms with Gasteiger partial charge in [0.05, 0.1) is 17.8 Å². The first kappa shape index (κ1) is 15.5. The van der Waals surface area contributed by atoms with Crippen LogP contribution in [0.5, 0.6) is 0 Å². The van der Waals surface area contributed by atoms with Crippen molar-refractivity contribution < 1.29 is 4.79 Å². The monoisotopic (exact) mass is 285 g/mol. The Bertz CT molecular complexity index is 539. The topological polar surface area (TPSA) is 56.1 Å². The number of hydrogen-bond donors (Lipinski definition) is 1. The zero-order valence-electron chi connectivity index (χ0n) is 12.9. The quantitative estimate of drug-likeness (QED) is 0.925. The third-order valence-electron chi connectivity index (χ3n) is 4.61. The second-order valence-electron chi connectivity index (χ2n) is 6.15.